The number of benzene rings is 2. The second-order valence-electron chi connectivity index (χ2n) is 11.8. The minimum atomic E-state index is -0.740. The zero-order chi connectivity index (χ0) is 30.0. The number of hydrogen-bond acceptors (Lipinski definition) is 8. The van der Waals surface area contributed by atoms with Crippen molar-refractivity contribution < 1.29 is 33.8 Å². The summed E-state index contributed by atoms with van der Waals surface area (Å²) in [4.78, 5) is 58.4. The number of ether oxygens (including phenoxy) is 2. The van der Waals surface area contributed by atoms with E-state index in [0.29, 0.717) is 53.4 Å². The number of carbonyl (C=O) groups excluding carboxylic acids is 4. The minimum absolute atomic E-state index is 0.0383. The molecule has 0 saturated carbocycles. The second-order valence-corrected chi connectivity index (χ2v) is 11.8. The Labute approximate surface area is 249 Å². The number of phenols is 1. The number of imide groups is 1. The molecule has 7 rings (SSSR count). The van der Waals surface area contributed by atoms with Crippen molar-refractivity contribution in [1.29, 1.82) is 0 Å². The van der Waals surface area contributed by atoms with Crippen LogP contribution in [-0.2, 0) is 23.9 Å². The monoisotopic (exact) mass is 580 g/mol. The van der Waals surface area contributed by atoms with Crippen LogP contribution in [0.1, 0.15) is 31.2 Å². The first-order chi connectivity index (χ1) is 20.8. The van der Waals surface area contributed by atoms with Crippen molar-refractivity contribution in [3.05, 3.63) is 82.5 Å². The fourth-order valence-electron chi connectivity index (χ4n) is 7.52. The molecule has 0 aromatic heterocycles. The van der Waals surface area contributed by atoms with Gasteiger partial charge in [0.15, 0.2) is 11.6 Å². The molecule has 1 N–H and O–H groups in total. The number of ketones is 2. The number of anilines is 2. The topological polar surface area (TPSA) is 113 Å². The summed E-state index contributed by atoms with van der Waals surface area (Å²) in [6.07, 6.45) is 3.80. The van der Waals surface area contributed by atoms with Crippen molar-refractivity contribution >= 4 is 34.8 Å². The van der Waals surface area contributed by atoms with Gasteiger partial charge in [-0.1, -0.05) is 11.6 Å². The van der Waals surface area contributed by atoms with Gasteiger partial charge >= 0.3 is 0 Å². The molecule has 2 aromatic rings. The molecule has 43 heavy (non-hydrogen) atoms. The predicted molar refractivity (Wildman–Crippen MR) is 158 cm³/mol. The third kappa shape index (κ3) is 4.25. The number of nitrogens with zero attached hydrogens (tertiary/aromatic N) is 2. The maximum atomic E-state index is 14.2. The molecular formula is C34H32N2O7. The number of carbonyl (C=O) groups is 4. The lowest BCUT2D eigenvalue weighted by atomic mass is 9.59. The molecule has 0 bridgehead atoms. The zero-order valence-corrected chi connectivity index (χ0v) is 24.0. The van der Waals surface area contributed by atoms with E-state index in [1.807, 2.05) is 30.3 Å². The first kappa shape index (κ1) is 27.3. The van der Waals surface area contributed by atoms with Gasteiger partial charge in [-0.25, -0.2) is 0 Å². The average molecular weight is 581 g/mol. The lowest BCUT2D eigenvalue weighted by Gasteiger charge is -2.42. The molecule has 9 nitrogen and oxygen atoms in total. The van der Waals surface area contributed by atoms with Crippen LogP contribution in [0, 0.1) is 17.8 Å². The van der Waals surface area contributed by atoms with E-state index in [2.05, 4.69) is 4.90 Å². The van der Waals surface area contributed by atoms with Crippen molar-refractivity contribution in [2.24, 2.45) is 17.8 Å². The molecule has 2 aliphatic heterocycles. The molecule has 5 aliphatic rings. The van der Waals surface area contributed by atoms with Gasteiger partial charge in [0.05, 0.1) is 37.8 Å². The summed E-state index contributed by atoms with van der Waals surface area (Å²) < 4.78 is 10.9. The lowest BCUT2D eigenvalue weighted by Crippen LogP contribution is -2.39. The van der Waals surface area contributed by atoms with Crippen LogP contribution in [0.3, 0.4) is 0 Å². The fourth-order valence-corrected chi connectivity index (χ4v) is 7.52. The third-order valence-electron chi connectivity index (χ3n) is 9.59. The summed E-state index contributed by atoms with van der Waals surface area (Å²) in [6.45, 7) is 4.48. The van der Waals surface area contributed by atoms with Gasteiger partial charge in [-0.3, -0.25) is 24.1 Å². The van der Waals surface area contributed by atoms with E-state index in [-0.39, 0.29) is 35.6 Å². The van der Waals surface area contributed by atoms with Crippen LogP contribution in [0.15, 0.2) is 76.9 Å². The summed E-state index contributed by atoms with van der Waals surface area (Å²) in [5, 5.41) is 11.0. The van der Waals surface area contributed by atoms with Crippen LogP contribution < -0.4 is 14.5 Å². The van der Waals surface area contributed by atoms with E-state index in [0.717, 1.165) is 24.4 Å². The lowest BCUT2D eigenvalue weighted by molar-refractivity contribution is -0.123. The van der Waals surface area contributed by atoms with Gasteiger partial charge in [-0.15, -0.1) is 0 Å². The molecule has 0 spiro atoms. The van der Waals surface area contributed by atoms with Gasteiger partial charge in [-0.2, -0.15) is 0 Å². The van der Waals surface area contributed by atoms with E-state index >= 15 is 0 Å². The molecule has 4 atom stereocenters. The Kier molecular flexibility index (Phi) is 6.58. The number of morpholine rings is 1. The van der Waals surface area contributed by atoms with Gasteiger partial charge in [-0.05, 0) is 74.2 Å². The van der Waals surface area contributed by atoms with Crippen LogP contribution in [0.25, 0.3) is 0 Å². The molecule has 2 aromatic carbocycles. The second kappa shape index (κ2) is 10.3. The summed E-state index contributed by atoms with van der Waals surface area (Å²) in [5.74, 6) is -3.11. The summed E-state index contributed by atoms with van der Waals surface area (Å²) in [7, 11) is 1.52. The number of phenolic OH excluding ortho intramolecular Hbond substituents is 1. The van der Waals surface area contributed by atoms with Crippen molar-refractivity contribution in [1.82, 2.24) is 0 Å². The molecule has 0 radical (unpaired) electrons. The first-order valence-electron chi connectivity index (χ1n) is 14.7. The van der Waals surface area contributed by atoms with Crippen molar-refractivity contribution in [2.45, 2.75) is 25.7 Å². The number of allylic oxidation sites excluding steroid dienone is 6. The summed E-state index contributed by atoms with van der Waals surface area (Å²) >= 11 is 0. The number of amides is 2. The molecule has 220 valence electrons. The van der Waals surface area contributed by atoms with Gasteiger partial charge in [0, 0.05) is 47.0 Å². The maximum Gasteiger partial charge on any atom is 0.238 e. The van der Waals surface area contributed by atoms with E-state index in [9.17, 15) is 24.3 Å². The third-order valence-corrected chi connectivity index (χ3v) is 9.59. The van der Waals surface area contributed by atoms with Crippen molar-refractivity contribution in [2.75, 3.05) is 43.2 Å². The number of fused-ring (bicyclic) bond motifs is 3. The van der Waals surface area contributed by atoms with Crippen LogP contribution >= 0.6 is 0 Å². The molecule has 2 fully saturated rings. The van der Waals surface area contributed by atoms with Crippen molar-refractivity contribution in [3.8, 4) is 11.5 Å². The fraction of sp³-hybridized carbons (Fsp3) is 0.353. The Bertz CT molecular complexity index is 1660. The number of methoxy groups -OCH3 is 1. The number of Topliss-reactive ketones (excluding diaryl/α,β-unsaturated/α-hetero) is 1. The van der Waals surface area contributed by atoms with Crippen LogP contribution in [-0.4, -0.2) is 61.9 Å². The maximum absolute atomic E-state index is 14.2. The van der Waals surface area contributed by atoms with Crippen molar-refractivity contribution in [3.63, 3.8) is 0 Å². The van der Waals surface area contributed by atoms with E-state index in [1.54, 1.807) is 19.1 Å². The molecule has 9 heteroatoms. The van der Waals surface area contributed by atoms with E-state index < -0.39 is 23.7 Å². The van der Waals surface area contributed by atoms with Gasteiger partial charge in [0.25, 0.3) is 0 Å². The number of aromatic hydroxyl groups is 1. The van der Waals surface area contributed by atoms with Crippen LogP contribution in [0.5, 0.6) is 11.5 Å². The Morgan fingerprint density at radius 3 is 2.37 bits per heavy atom. The molecule has 2 saturated heterocycles. The van der Waals surface area contributed by atoms with Gasteiger partial charge in [0.2, 0.25) is 11.8 Å². The smallest absolute Gasteiger partial charge is 0.238 e. The quantitative estimate of drug-likeness (QED) is 0.330. The predicted octanol–water partition coefficient (Wildman–Crippen LogP) is 3.87. The summed E-state index contributed by atoms with van der Waals surface area (Å²) in [6, 6.07) is 12.3. The standard InChI is InChI=1S/C34H32N2O7/c1-18-15-28(38)31-26(32(18)39)17-24-22(29(31)25-16-21(42-2)7-10-27(25)37)8-9-23-30(24)34(41)36(33(23)40)20-5-3-19(4-6-20)35-11-13-43-14-12-35/h3-8,10,15-16,23-24,29-30,37H,9,11-14,17H2,1-2H3/t23-,24+,29+,30-/m0/s1. The van der Waals surface area contributed by atoms with Gasteiger partial charge in [0.1, 0.15) is 11.5 Å². The molecule has 0 unspecified atom stereocenters. The van der Waals surface area contributed by atoms with Crippen LogP contribution in [0.2, 0.25) is 0 Å². The number of rotatable bonds is 4. The zero-order valence-electron chi connectivity index (χ0n) is 24.0. The largest absolute Gasteiger partial charge is 0.508 e. The highest BCUT2D eigenvalue weighted by Gasteiger charge is 2.56. The van der Waals surface area contributed by atoms with Gasteiger partial charge < -0.3 is 19.5 Å². The molecule has 2 amide bonds. The highest BCUT2D eigenvalue weighted by molar-refractivity contribution is 6.25. The average Bonchev–Trinajstić information content (AvgIpc) is 3.29. The van der Waals surface area contributed by atoms with E-state index in [1.165, 1.54) is 24.2 Å². The Balaban J connectivity index is 1.28. The number of hydrogen-bond donors (Lipinski definition) is 1. The Morgan fingerprint density at radius 2 is 1.65 bits per heavy atom. The highest BCUT2D eigenvalue weighted by Crippen LogP contribution is 2.56. The summed E-state index contributed by atoms with van der Waals surface area (Å²) in [5.41, 5.74) is 3.76. The first-order valence-corrected chi connectivity index (χ1v) is 14.7. The Hall–Kier alpha value is -4.50. The SMILES string of the molecule is COc1ccc(O)c([C@H]2C3=CC[C@@H]4C(=O)N(c5ccc(N6CCOCC6)cc5)C(=O)[C@@H]4[C@@H]3CC3=C2C(=O)C=C(C)C3=O)c1. The highest BCUT2D eigenvalue weighted by atomic mass is 16.5. The minimum Gasteiger partial charge on any atom is -0.508 e. The van der Waals surface area contributed by atoms with Crippen LogP contribution in [0.4, 0.5) is 11.4 Å². The molecule has 2 heterocycles. The van der Waals surface area contributed by atoms with E-state index in [4.69, 9.17) is 9.47 Å². The normalized spacial score (nSPS) is 27.0. The Morgan fingerprint density at radius 1 is 0.930 bits per heavy atom. The molecular weight excluding hydrogens is 548 g/mol. The molecule has 3 aliphatic carbocycles.